The summed E-state index contributed by atoms with van der Waals surface area (Å²) in [6, 6.07) is 3.43. The van der Waals surface area contributed by atoms with Crippen molar-refractivity contribution in [1.82, 2.24) is 15.2 Å². The number of urea groups is 1. The number of rotatable bonds is 6. The molecular weight excluding hydrogens is 320 g/mol. The summed E-state index contributed by atoms with van der Waals surface area (Å²) in [5.74, 6) is 0.486. The van der Waals surface area contributed by atoms with Crippen LogP contribution in [-0.2, 0) is 4.79 Å². The van der Waals surface area contributed by atoms with Crippen LogP contribution in [0.4, 0.5) is 10.5 Å². The van der Waals surface area contributed by atoms with Crippen molar-refractivity contribution in [3.63, 3.8) is 0 Å². The predicted octanol–water partition coefficient (Wildman–Crippen LogP) is 2.50. The number of nitrogens with one attached hydrogen (secondary N) is 2. The van der Waals surface area contributed by atoms with Gasteiger partial charge in [-0.1, -0.05) is 13.8 Å². The number of pyridine rings is 1. The first-order valence-corrected chi connectivity index (χ1v) is 8.92. The summed E-state index contributed by atoms with van der Waals surface area (Å²) in [5, 5.41) is 5.80. The number of nitrogens with zero attached hydrogens (tertiary/aromatic N) is 2. The highest BCUT2D eigenvalue weighted by atomic mass is 16.5. The van der Waals surface area contributed by atoms with E-state index in [2.05, 4.69) is 29.5 Å². The van der Waals surface area contributed by atoms with E-state index in [1.807, 2.05) is 6.92 Å². The van der Waals surface area contributed by atoms with Crippen molar-refractivity contribution in [3.05, 3.63) is 18.3 Å². The van der Waals surface area contributed by atoms with Gasteiger partial charge < -0.3 is 20.3 Å². The highest BCUT2D eigenvalue weighted by molar-refractivity contribution is 5.94. The summed E-state index contributed by atoms with van der Waals surface area (Å²) in [5.41, 5.74) is 0.565. The van der Waals surface area contributed by atoms with Crippen molar-refractivity contribution in [2.45, 2.75) is 33.6 Å². The Kier molecular flexibility index (Phi) is 7.03. The van der Waals surface area contributed by atoms with Gasteiger partial charge in [-0.05, 0) is 37.8 Å². The van der Waals surface area contributed by atoms with E-state index in [0.717, 1.165) is 12.8 Å². The number of carbonyl (C=O) groups is 2. The molecule has 25 heavy (non-hydrogen) atoms. The van der Waals surface area contributed by atoms with E-state index in [9.17, 15) is 9.59 Å². The standard InChI is InChI=1S/C18H28N4O3/c1-4-25-17-15(8-5-9-19-17)21-16(23)14-7-6-10-22(12-14)18(24)20-11-13(2)3/h5,8-9,13-14H,4,6-7,10-12H2,1-3H3,(H,20,24)(H,21,23)/t14-/m1/s1. The average Bonchev–Trinajstić information content (AvgIpc) is 2.61. The number of likely N-dealkylation sites (tertiary alicyclic amines) is 1. The fraction of sp³-hybridized carbons (Fsp3) is 0.611. The molecule has 0 saturated carbocycles. The zero-order valence-corrected chi connectivity index (χ0v) is 15.2. The maximum Gasteiger partial charge on any atom is 0.317 e. The van der Waals surface area contributed by atoms with E-state index < -0.39 is 0 Å². The van der Waals surface area contributed by atoms with Gasteiger partial charge in [0.15, 0.2) is 0 Å². The van der Waals surface area contributed by atoms with Gasteiger partial charge >= 0.3 is 6.03 Å². The molecule has 1 aromatic heterocycles. The Hall–Kier alpha value is -2.31. The van der Waals surface area contributed by atoms with Crippen LogP contribution in [0.15, 0.2) is 18.3 Å². The van der Waals surface area contributed by atoms with Gasteiger partial charge in [0.2, 0.25) is 11.8 Å². The summed E-state index contributed by atoms with van der Waals surface area (Å²) < 4.78 is 5.44. The molecule has 1 fully saturated rings. The fourth-order valence-electron chi connectivity index (χ4n) is 2.75. The third-order valence-corrected chi connectivity index (χ3v) is 4.05. The van der Waals surface area contributed by atoms with Gasteiger partial charge in [0.25, 0.3) is 0 Å². The molecule has 1 aromatic rings. The van der Waals surface area contributed by atoms with Gasteiger partial charge in [0, 0.05) is 25.8 Å². The Bertz CT molecular complexity index is 591. The molecule has 0 spiro atoms. The Labute approximate surface area is 149 Å². The lowest BCUT2D eigenvalue weighted by Crippen LogP contribution is -2.48. The molecule has 7 heteroatoms. The molecule has 138 valence electrons. The number of hydrogen-bond acceptors (Lipinski definition) is 4. The van der Waals surface area contributed by atoms with Crippen LogP contribution >= 0.6 is 0 Å². The highest BCUT2D eigenvalue weighted by Crippen LogP contribution is 2.23. The lowest BCUT2D eigenvalue weighted by atomic mass is 9.97. The smallest absolute Gasteiger partial charge is 0.317 e. The van der Waals surface area contributed by atoms with E-state index in [1.165, 1.54) is 0 Å². The molecule has 1 aliphatic rings. The first-order valence-electron chi connectivity index (χ1n) is 8.92. The lowest BCUT2D eigenvalue weighted by molar-refractivity contribution is -0.121. The second-order valence-electron chi connectivity index (χ2n) is 6.64. The largest absolute Gasteiger partial charge is 0.476 e. The average molecular weight is 348 g/mol. The topological polar surface area (TPSA) is 83.6 Å². The molecule has 1 atom stereocenters. The second kappa shape index (κ2) is 9.25. The normalized spacial score (nSPS) is 17.3. The van der Waals surface area contributed by atoms with Crippen LogP contribution in [0.2, 0.25) is 0 Å². The summed E-state index contributed by atoms with van der Waals surface area (Å²) in [4.78, 5) is 30.7. The molecule has 2 rings (SSSR count). The van der Waals surface area contributed by atoms with Crippen molar-refractivity contribution in [1.29, 1.82) is 0 Å². The van der Waals surface area contributed by atoms with Crippen LogP contribution in [0.5, 0.6) is 5.88 Å². The van der Waals surface area contributed by atoms with Crippen LogP contribution < -0.4 is 15.4 Å². The quantitative estimate of drug-likeness (QED) is 0.827. The molecule has 0 unspecified atom stereocenters. The summed E-state index contributed by atoms with van der Waals surface area (Å²) in [6.07, 6.45) is 3.21. The summed E-state index contributed by atoms with van der Waals surface area (Å²) >= 11 is 0. The Morgan fingerprint density at radius 2 is 2.24 bits per heavy atom. The number of piperidine rings is 1. The van der Waals surface area contributed by atoms with Crippen molar-refractivity contribution >= 4 is 17.6 Å². The molecule has 1 aliphatic heterocycles. The van der Waals surface area contributed by atoms with Gasteiger partial charge in [-0.3, -0.25) is 4.79 Å². The van der Waals surface area contributed by atoms with E-state index >= 15 is 0 Å². The SMILES string of the molecule is CCOc1ncccc1NC(=O)[C@@H]1CCCN(C(=O)NCC(C)C)C1. The summed E-state index contributed by atoms with van der Waals surface area (Å²) in [6.45, 7) is 8.21. The highest BCUT2D eigenvalue weighted by Gasteiger charge is 2.29. The van der Waals surface area contributed by atoms with E-state index in [1.54, 1.807) is 23.2 Å². The van der Waals surface area contributed by atoms with Crippen molar-refractivity contribution in [2.75, 3.05) is 31.6 Å². The van der Waals surface area contributed by atoms with Crippen LogP contribution in [-0.4, -0.2) is 48.1 Å². The zero-order chi connectivity index (χ0) is 18.2. The minimum atomic E-state index is -0.228. The monoisotopic (exact) mass is 348 g/mol. The number of carbonyl (C=O) groups excluding carboxylic acids is 2. The molecule has 0 bridgehead atoms. The van der Waals surface area contributed by atoms with E-state index in [-0.39, 0.29) is 17.9 Å². The number of amides is 3. The lowest BCUT2D eigenvalue weighted by Gasteiger charge is -2.32. The number of anilines is 1. The molecule has 3 amide bonds. The van der Waals surface area contributed by atoms with Gasteiger partial charge in [-0.2, -0.15) is 0 Å². The van der Waals surface area contributed by atoms with E-state index in [0.29, 0.717) is 43.7 Å². The summed E-state index contributed by atoms with van der Waals surface area (Å²) in [7, 11) is 0. The maximum atomic E-state index is 12.6. The van der Waals surface area contributed by atoms with Crippen LogP contribution in [0, 0.1) is 11.8 Å². The second-order valence-corrected chi connectivity index (χ2v) is 6.64. The van der Waals surface area contributed by atoms with Gasteiger partial charge in [-0.25, -0.2) is 9.78 Å². The number of ether oxygens (including phenoxy) is 1. The van der Waals surface area contributed by atoms with Crippen molar-refractivity contribution < 1.29 is 14.3 Å². The molecule has 0 aromatic carbocycles. The Morgan fingerprint density at radius 3 is 2.96 bits per heavy atom. The minimum Gasteiger partial charge on any atom is -0.476 e. The molecule has 2 heterocycles. The predicted molar refractivity (Wildman–Crippen MR) is 96.6 cm³/mol. The zero-order valence-electron chi connectivity index (χ0n) is 15.2. The Balaban J connectivity index is 1.94. The number of hydrogen-bond donors (Lipinski definition) is 2. The molecule has 0 aliphatic carbocycles. The minimum absolute atomic E-state index is 0.0948. The molecular formula is C18H28N4O3. The third-order valence-electron chi connectivity index (χ3n) is 4.05. The first-order chi connectivity index (χ1) is 12.0. The van der Waals surface area contributed by atoms with Crippen LogP contribution in [0.3, 0.4) is 0 Å². The van der Waals surface area contributed by atoms with Gasteiger partial charge in [0.05, 0.1) is 12.5 Å². The fourth-order valence-corrected chi connectivity index (χ4v) is 2.75. The Morgan fingerprint density at radius 1 is 1.44 bits per heavy atom. The van der Waals surface area contributed by atoms with Crippen molar-refractivity contribution in [2.24, 2.45) is 11.8 Å². The number of aromatic nitrogens is 1. The molecule has 7 nitrogen and oxygen atoms in total. The molecule has 1 saturated heterocycles. The van der Waals surface area contributed by atoms with E-state index in [4.69, 9.17) is 4.74 Å². The van der Waals surface area contributed by atoms with Crippen molar-refractivity contribution in [3.8, 4) is 5.88 Å². The van der Waals surface area contributed by atoms with Gasteiger partial charge in [0.1, 0.15) is 5.69 Å². The third kappa shape index (κ3) is 5.62. The maximum absolute atomic E-state index is 12.6. The molecule has 0 radical (unpaired) electrons. The van der Waals surface area contributed by atoms with Crippen LogP contribution in [0.25, 0.3) is 0 Å². The molecule has 2 N–H and O–H groups in total. The van der Waals surface area contributed by atoms with Crippen LogP contribution in [0.1, 0.15) is 33.6 Å². The van der Waals surface area contributed by atoms with Gasteiger partial charge in [-0.15, -0.1) is 0 Å². The first kappa shape index (κ1) is 19.0.